The maximum Gasteiger partial charge on any atom is 0.472 e. The summed E-state index contributed by atoms with van der Waals surface area (Å²) in [6, 6.07) is 0. The predicted octanol–water partition coefficient (Wildman–Crippen LogP) is 16.4. The highest BCUT2D eigenvalue weighted by molar-refractivity contribution is 7.47. The van der Waals surface area contributed by atoms with Gasteiger partial charge in [0.2, 0.25) is 0 Å². The summed E-state index contributed by atoms with van der Waals surface area (Å²) in [5.41, 5.74) is 0. The van der Waals surface area contributed by atoms with Crippen LogP contribution in [0.15, 0.2) is 60.8 Å². The van der Waals surface area contributed by atoms with Crippen molar-refractivity contribution in [2.45, 2.75) is 264 Å². The summed E-state index contributed by atoms with van der Waals surface area (Å²) in [5, 5.41) is 9.80. The molecule has 0 amide bonds. The van der Waals surface area contributed by atoms with Crippen molar-refractivity contribution in [1.82, 2.24) is 0 Å². The zero-order chi connectivity index (χ0) is 51.3. The Hall–Kier alpha value is -2.82. The van der Waals surface area contributed by atoms with Crippen LogP contribution in [0.2, 0.25) is 0 Å². The number of aliphatic hydroxyl groups excluding tert-OH is 1. The van der Waals surface area contributed by atoms with Crippen LogP contribution in [0.1, 0.15) is 252 Å². The van der Waals surface area contributed by atoms with E-state index in [1.165, 1.54) is 83.5 Å². The van der Waals surface area contributed by atoms with E-state index < -0.39 is 57.8 Å². The predicted molar refractivity (Wildman–Crippen MR) is 288 cm³/mol. The van der Waals surface area contributed by atoms with Crippen molar-refractivity contribution in [1.29, 1.82) is 0 Å². The van der Waals surface area contributed by atoms with Crippen LogP contribution < -0.4 is 0 Å². The Labute approximate surface area is 427 Å². The van der Waals surface area contributed by atoms with E-state index >= 15 is 0 Å². The lowest BCUT2D eigenvalue weighted by Gasteiger charge is -2.21. The molecule has 0 rings (SSSR count). The third kappa shape index (κ3) is 50.1. The Bertz CT molecular complexity index is 1410. The van der Waals surface area contributed by atoms with Crippen molar-refractivity contribution in [2.75, 3.05) is 26.4 Å². The lowest BCUT2D eigenvalue weighted by Crippen LogP contribution is -2.30. The first-order valence-electron chi connectivity index (χ1n) is 28.2. The maximum atomic E-state index is 12.9. The summed E-state index contributed by atoms with van der Waals surface area (Å²) in [7, 11) is -4.75. The third-order valence-electron chi connectivity index (χ3n) is 11.9. The fourth-order valence-electron chi connectivity index (χ4n) is 7.64. The van der Waals surface area contributed by atoms with Gasteiger partial charge in [-0.1, -0.05) is 210 Å². The molecule has 0 aromatic carbocycles. The molecule has 0 aromatic rings. The van der Waals surface area contributed by atoms with Crippen molar-refractivity contribution in [2.24, 2.45) is 0 Å². The number of carbonyl (C=O) groups excluding carboxylic acids is 3. The highest BCUT2D eigenvalue weighted by Gasteiger charge is 2.28. The lowest BCUT2D eigenvalue weighted by molar-refractivity contribution is -0.161. The van der Waals surface area contributed by atoms with Crippen LogP contribution in [0.5, 0.6) is 0 Å². The molecule has 0 aliphatic heterocycles. The quantitative estimate of drug-likeness (QED) is 0.0197. The van der Waals surface area contributed by atoms with Gasteiger partial charge >= 0.3 is 25.7 Å². The first kappa shape index (κ1) is 67.2. The number of phosphoric acid groups is 1. The Kier molecular flexibility index (Phi) is 50.4. The molecule has 0 radical (unpaired) electrons. The molecule has 2 N–H and O–H groups in total. The summed E-state index contributed by atoms with van der Waals surface area (Å²) >= 11 is 0. The third-order valence-corrected chi connectivity index (χ3v) is 12.9. The second-order valence-electron chi connectivity index (χ2n) is 18.7. The van der Waals surface area contributed by atoms with Gasteiger partial charge in [0.25, 0.3) is 0 Å². The van der Waals surface area contributed by atoms with Gasteiger partial charge in [-0.25, -0.2) is 4.57 Å². The smallest absolute Gasteiger partial charge is 0.462 e. The van der Waals surface area contributed by atoms with Crippen LogP contribution in [0.3, 0.4) is 0 Å². The summed E-state index contributed by atoms with van der Waals surface area (Å²) in [4.78, 5) is 48.4. The van der Waals surface area contributed by atoms with Gasteiger partial charge in [0.1, 0.15) is 12.7 Å². The van der Waals surface area contributed by atoms with Gasteiger partial charge in [0.15, 0.2) is 6.10 Å². The molecule has 0 saturated heterocycles. The lowest BCUT2D eigenvalue weighted by atomic mass is 10.0. The summed E-state index contributed by atoms with van der Waals surface area (Å²) < 4.78 is 39.4. The Morgan fingerprint density at radius 3 is 1.17 bits per heavy atom. The molecule has 0 bridgehead atoms. The van der Waals surface area contributed by atoms with E-state index in [4.69, 9.17) is 23.3 Å². The Balaban J connectivity index is 4.75. The van der Waals surface area contributed by atoms with E-state index in [1.54, 1.807) is 0 Å². The SMILES string of the molecule is CC/C=C\C/C=C\C/C=C\C/C=C\CCCCCCC(=O)OCC(COP(=O)(O)OCC(CO)OC(=O)CCCCCCCCCCCCCCC)OC(=O)CCCCCCC/C=C\CCCCCC. The number of allylic oxidation sites excluding steroid dienone is 10. The van der Waals surface area contributed by atoms with Gasteiger partial charge in [-0.15, -0.1) is 0 Å². The van der Waals surface area contributed by atoms with E-state index in [2.05, 4.69) is 81.5 Å². The van der Waals surface area contributed by atoms with E-state index in [9.17, 15) is 28.9 Å². The number of esters is 3. The maximum absolute atomic E-state index is 12.9. The van der Waals surface area contributed by atoms with Gasteiger partial charge < -0.3 is 24.2 Å². The first-order chi connectivity index (χ1) is 34.2. The number of hydrogen-bond acceptors (Lipinski definition) is 10. The van der Waals surface area contributed by atoms with Crippen LogP contribution in [-0.4, -0.2) is 66.5 Å². The molecule has 0 aromatic heterocycles. The monoisotopic (exact) mass is 1010 g/mol. The van der Waals surface area contributed by atoms with Gasteiger partial charge in [-0.05, 0) is 83.5 Å². The number of ether oxygens (including phenoxy) is 3. The van der Waals surface area contributed by atoms with Crippen molar-refractivity contribution in [3.8, 4) is 0 Å². The van der Waals surface area contributed by atoms with Gasteiger partial charge in [-0.2, -0.15) is 0 Å². The van der Waals surface area contributed by atoms with E-state index in [-0.39, 0.29) is 25.9 Å². The molecule has 0 fully saturated rings. The van der Waals surface area contributed by atoms with Crippen LogP contribution >= 0.6 is 7.82 Å². The van der Waals surface area contributed by atoms with Crippen molar-refractivity contribution < 1.29 is 52.2 Å². The normalized spacial score (nSPS) is 13.8. The number of unbranched alkanes of at least 4 members (excludes halogenated alkanes) is 25. The highest BCUT2D eigenvalue weighted by atomic mass is 31.2. The van der Waals surface area contributed by atoms with Gasteiger partial charge in [-0.3, -0.25) is 23.4 Å². The molecule has 406 valence electrons. The number of aliphatic hydroxyl groups is 1. The number of phosphoric ester groups is 1. The van der Waals surface area contributed by atoms with Crippen molar-refractivity contribution in [3.05, 3.63) is 60.8 Å². The minimum absolute atomic E-state index is 0.152. The molecule has 12 heteroatoms. The molecule has 0 saturated carbocycles. The van der Waals surface area contributed by atoms with Gasteiger partial charge in [0.05, 0.1) is 19.8 Å². The number of carbonyl (C=O) groups is 3. The number of rotatable bonds is 52. The van der Waals surface area contributed by atoms with Crippen LogP contribution in [0.25, 0.3) is 0 Å². The molecule has 0 aliphatic carbocycles. The molecular weight excluding hydrogens is 904 g/mol. The second kappa shape index (κ2) is 52.5. The van der Waals surface area contributed by atoms with Crippen LogP contribution in [-0.2, 0) is 42.2 Å². The highest BCUT2D eigenvalue weighted by Crippen LogP contribution is 2.43. The van der Waals surface area contributed by atoms with Crippen LogP contribution in [0.4, 0.5) is 0 Å². The summed E-state index contributed by atoms with van der Waals surface area (Å²) in [6.45, 7) is 4.49. The van der Waals surface area contributed by atoms with Gasteiger partial charge in [0, 0.05) is 19.3 Å². The first-order valence-corrected chi connectivity index (χ1v) is 29.7. The molecule has 70 heavy (non-hydrogen) atoms. The topological polar surface area (TPSA) is 155 Å². The Morgan fingerprint density at radius 1 is 0.414 bits per heavy atom. The molecular formula is C58H103O11P. The van der Waals surface area contributed by atoms with E-state index in [0.29, 0.717) is 19.3 Å². The molecule has 0 spiro atoms. The zero-order valence-electron chi connectivity index (χ0n) is 44.7. The summed E-state index contributed by atoms with van der Waals surface area (Å²) in [6.07, 6.45) is 56.1. The summed E-state index contributed by atoms with van der Waals surface area (Å²) in [5.74, 6) is -1.50. The molecule has 11 nitrogen and oxygen atoms in total. The largest absolute Gasteiger partial charge is 0.472 e. The second-order valence-corrected chi connectivity index (χ2v) is 20.2. The average molecular weight is 1010 g/mol. The molecule has 0 heterocycles. The standard InChI is InChI=1S/C58H103O11P/c1-4-7-10-13-16-19-22-25-26-27-28-31-32-35-38-41-44-47-56(60)65-51-55(69-58(62)49-46-43-40-37-34-30-24-21-18-15-12-9-6-3)53-67-70(63,64)66-52-54(50-59)68-57(61)48-45-42-39-36-33-29-23-20-17-14-11-8-5-2/h7,10,16,19,21,24-26,28,31,54-55,59H,4-6,8-9,11-15,17-18,20,22-23,27,29-30,32-53H2,1-3H3,(H,63,64)/b10-7-,19-16-,24-21-,26-25-,31-28-. The van der Waals surface area contributed by atoms with Crippen molar-refractivity contribution >= 4 is 25.7 Å². The molecule has 3 unspecified atom stereocenters. The van der Waals surface area contributed by atoms with E-state index in [0.717, 1.165) is 109 Å². The number of hydrogen-bond donors (Lipinski definition) is 2. The van der Waals surface area contributed by atoms with E-state index in [1.807, 2.05) is 0 Å². The zero-order valence-corrected chi connectivity index (χ0v) is 45.6. The minimum Gasteiger partial charge on any atom is -0.462 e. The average Bonchev–Trinajstić information content (AvgIpc) is 3.35. The minimum atomic E-state index is -4.75. The molecule has 0 aliphatic rings. The fourth-order valence-corrected chi connectivity index (χ4v) is 8.42. The van der Waals surface area contributed by atoms with Crippen LogP contribution in [0, 0.1) is 0 Å². The molecule has 3 atom stereocenters. The fraction of sp³-hybridized carbons (Fsp3) is 0.776. The Morgan fingerprint density at radius 2 is 0.743 bits per heavy atom. The van der Waals surface area contributed by atoms with Crippen molar-refractivity contribution in [3.63, 3.8) is 0 Å².